The Morgan fingerprint density at radius 3 is 2.78 bits per heavy atom. The summed E-state index contributed by atoms with van der Waals surface area (Å²) in [6, 6.07) is 6.67. The molecule has 1 atom stereocenters. The third-order valence-electron chi connectivity index (χ3n) is 2.57. The Morgan fingerprint density at radius 2 is 2.17 bits per heavy atom. The Kier molecular flexibility index (Phi) is 6.15. The normalized spacial score (nSPS) is 12.7. The van der Waals surface area contributed by atoms with Gasteiger partial charge in [-0.1, -0.05) is 19.1 Å². The maximum atomic E-state index is 13.3. The highest BCUT2D eigenvalue weighted by atomic mass is 32.2. The first-order chi connectivity index (χ1) is 8.50. The van der Waals surface area contributed by atoms with Gasteiger partial charge in [0.05, 0.1) is 5.92 Å². The fourth-order valence-electron chi connectivity index (χ4n) is 1.51. The van der Waals surface area contributed by atoms with Crippen LogP contribution < -0.4 is 0 Å². The molecule has 3 nitrogen and oxygen atoms in total. The van der Waals surface area contributed by atoms with Crippen molar-refractivity contribution >= 4 is 17.7 Å². The SMILES string of the molecule is CC(CN(C)CCSc1ccccc1F)C(=O)O. The van der Waals surface area contributed by atoms with Gasteiger partial charge in [0.15, 0.2) is 0 Å². The molecular formula is C13H18FNO2S. The van der Waals surface area contributed by atoms with Gasteiger partial charge >= 0.3 is 5.97 Å². The van der Waals surface area contributed by atoms with E-state index in [9.17, 15) is 9.18 Å². The lowest BCUT2D eigenvalue weighted by Gasteiger charge is -2.18. The van der Waals surface area contributed by atoms with Crippen molar-refractivity contribution in [1.82, 2.24) is 4.90 Å². The second-order valence-corrected chi connectivity index (χ2v) is 5.42. The number of carboxylic acids is 1. The van der Waals surface area contributed by atoms with Gasteiger partial charge in [-0.25, -0.2) is 4.39 Å². The largest absolute Gasteiger partial charge is 0.481 e. The predicted molar refractivity (Wildman–Crippen MR) is 71.4 cm³/mol. The molecule has 0 aromatic heterocycles. The summed E-state index contributed by atoms with van der Waals surface area (Å²) in [4.78, 5) is 13.3. The van der Waals surface area contributed by atoms with E-state index in [0.29, 0.717) is 11.4 Å². The van der Waals surface area contributed by atoms with Crippen LogP contribution in [0.25, 0.3) is 0 Å². The van der Waals surface area contributed by atoms with Gasteiger partial charge in [-0.3, -0.25) is 4.79 Å². The van der Waals surface area contributed by atoms with Crippen LogP contribution in [-0.4, -0.2) is 41.9 Å². The number of nitrogens with zero attached hydrogens (tertiary/aromatic N) is 1. The van der Waals surface area contributed by atoms with Crippen LogP contribution in [0, 0.1) is 11.7 Å². The zero-order valence-corrected chi connectivity index (χ0v) is 11.4. The van der Waals surface area contributed by atoms with Gasteiger partial charge in [0.25, 0.3) is 0 Å². The molecule has 0 aliphatic heterocycles. The molecule has 1 unspecified atom stereocenters. The van der Waals surface area contributed by atoms with Crippen LogP contribution in [0.15, 0.2) is 29.2 Å². The maximum Gasteiger partial charge on any atom is 0.307 e. The molecule has 0 spiro atoms. The molecule has 100 valence electrons. The summed E-state index contributed by atoms with van der Waals surface area (Å²) in [5.74, 6) is -0.634. The van der Waals surface area contributed by atoms with Crippen molar-refractivity contribution in [2.75, 3.05) is 25.9 Å². The van der Waals surface area contributed by atoms with Gasteiger partial charge in [0.2, 0.25) is 0 Å². The molecule has 0 aliphatic rings. The van der Waals surface area contributed by atoms with Crippen molar-refractivity contribution in [3.05, 3.63) is 30.1 Å². The minimum absolute atomic E-state index is 0.205. The number of hydrogen-bond donors (Lipinski definition) is 1. The summed E-state index contributed by atoms with van der Waals surface area (Å²) >= 11 is 1.45. The summed E-state index contributed by atoms with van der Waals surface area (Å²) in [7, 11) is 1.88. The van der Waals surface area contributed by atoms with Crippen molar-refractivity contribution < 1.29 is 14.3 Å². The first-order valence-electron chi connectivity index (χ1n) is 5.79. The van der Waals surface area contributed by atoms with Crippen LogP contribution >= 0.6 is 11.8 Å². The molecule has 1 rings (SSSR count). The highest BCUT2D eigenvalue weighted by Gasteiger charge is 2.13. The smallest absolute Gasteiger partial charge is 0.307 e. The number of thioether (sulfide) groups is 1. The second-order valence-electron chi connectivity index (χ2n) is 4.28. The van der Waals surface area contributed by atoms with Crippen LogP contribution in [0.4, 0.5) is 4.39 Å². The van der Waals surface area contributed by atoms with Gasteiger partial charge in [-0.15, -0.1) is 11.8 Å². The summed E-state index contributed by atoms with van der Waals surface area (Å²) < 4.78 is 13.3. The number of hydrogen-bond acceptors (Lipinski definition) is 3. The molecular weight excluding hydrogens is 253 g/mol. The first-order valence-corrected chi connectivity index (χ1v) is 6.78. The standard InChI is InChI=1S/C13H18FNO2S/c1-10(13(16)17)9-15(2)7-8-18-12-6-4-3-5-11(12)14/h3-6,10H,7-9H2,1-2H3,(H,16,17). The van der Waals surface area contributed by atoms with E-state index in [1.807, 2.05) is 18.0 Å². The highest BCUT2D eigenvalue weighted by Crippen LogP contribution is 2.20. The number of aliphatic carboxylic acids is 1. The van der Waals surface area contributed by atoms with Crippen LogP contribution in [0.3, 0.4) is 0 Å². The lowest BCUT2D eigenvalue weighted by Crippen LogP contribution is -2.30. The average molecular weight is 271 g/mol. The molecule has 0 radical (unpaired) electrons. The molecule has 0 fully saturated rings. The minimum Gasteiger partial charge on any atom is -0.481 e. The van der Waals surface area contributed by atoms with Crippen LogP contribution in [0.2, 0.25) is 0 Å². The van der Waals surface area contributed by atoms with E-state index < -0.39 is 5.97 Å². The summed E-state index contributed by atoms with van der Waals surface area (Å²) in [6.45, 7) is 2.92. The molecule has 0 aliphatic carbocycles. The fraction of sp³-hybridized carbons (Fsp3) is 0.462. The van der Waals surface area contributed by atoms with E-state index in [2.05, 4.69) is 0 Å². The van der Waals surface area contributed by atoms with Crippen LogP contribution in [-0.2, 0) is 4.79 Å². The van der Waals surface area contributed by atoms with Gasteiger partial charge in [0, 0.05) is 23.7 Å². The Balaban J connectivity index is 2.30. The highest BCUT2D eigenvalue weighted by molar-refractivity contribution is 7.99. The van der Waals surface area contributed by atoms with Gasteiger partial charge < -0.3 is 10.0 Å². The Morgan fingerprint density at radius 1 is 1.50 bits per heavy atom. The van der Waals surface area contributed by atoms with Gasteiger partial charge in [0.1, 0.15) is 5.82 Å². The zero-order valence-electron chi connectivity index (χ0n) is 10.6. The van der Waals surface area contributed by atoms with E-state index in [1.165, 1.54) is 17.8 Å². The van der Waals surface area contributed by atoms with Gasteiger partial charge in [-0.05, 0) is 19.2 Å². The number of rotatable bonds is 7. The maximum absolute atomic E-state index is 13.3. The summed E-state index contributed by atoms with van der Waals surface area (Å²) in [5.41, 5.74) is 0. The molecule has 5 heteroatoms. The van der Waals surface area contributed by atoms with Crippen LogP contribution in [0.5, 0.6) is 0 Å². The topological polar surface area (TPSA) is 40.5 Å². The molecule has 0 saturated carbocycles. The van der Waals surface area contributed by atoms with Crippen molar-refractivity contribution in [3.63, 3.8) is 0 Å². The summed E-state index contributed by atoms with van der Waals surface area (Å²) in [5, 5.41) is 8.79. The average Bonchev–Trinajstić information content (AvgIpc) is 2.31. The second kappa shape index (κ2) is 7.38. The lowest BCUT2D eigenvalue weighted by molar-refractivity contribution is -0.141. The summed E-state index contributed by atoms with van der Waals surface area (Å²) in [6.07, 6.45) is 0. The van der Waals surface area contributed by atoms with E-state index in [0.717, 1.165) is 12.3 Å². The first kappa shape index (κ1) is 15.0. The lowest BCUT2D eigenvalue weighted by atomic mass is 10.2. The molecule has 1 aromatic rings. The molecule has 18 heavy (non-hydrogen) atoms. The Hall–Kier alpha value is -1.07. The minimum atomic E-state index is -0.788. The number of carboxylic acid groups (broad SMARTS) is 1. The van der Waals surface area contributed by atoms with Gasteiger partial charge in [-0.2, -0.15) is 0 Å². The van der Waals surface area contributed by atoms with Crippen LogP contribution in [0.1, 0.15) is 6.92 Å². The monoisotopic (exact) mass is 271 g/mol. The zero-order chi connectivity index (χ0) is 13.5. The third kappa shape index (κ3) is 5.06. The molecule has 1 N–H and O–H groups in total. The number of benzene rings is 1. The molecule has 1 aromatic carbocycles. The van der Waals surface area contributed by atoms with E-state index in [-0.39, 0.29) is 11.7 Å². The predicted octanol–water partition coefficient (Wildman–Crippen LogP) is 2.57. The quantitative estimate of drug-likeness (QED) is 0.774. The Labute approximate surface area is 111 Å². The molecule has 0 bridgehead atoms. The van der Waals surface area contributed by atoms with Crippen molar-refractivity contribution in [2.24, 2.45) is 5.92 Å². The van der Waals surface area contributed by atoms with Crippen molar-refractivity contribution in [3.8, 4) is 0 Å². The van der Waals surface area contributed by atoms with Crippen molar-refractivity contribution in [2.45, 2.75) is 11.8 Å². The molecule has 0 saturated heterocycles. The number of carbonyl (C=O) groups is 1. The molecule has 0 heterocycles. The third-order valence-corrected chi connectivity index (χ3v) is 3.60. The Bertz CT molecular complexity index is 400. The van der Waals surface area contributed by atoms with E-state index in [4.69, 9.17) is 5.11 Å². The molecule has 0 amide bonds. The number of halogens is 1. The van der Waals surface area contributed by atoms with E-state index in [1.54, 1.807) is 19.1 Å². The van der Waals surface area contributed by atoms with Crippen molar-refractivity contribution in [1.29, 1.82) is 0 Å². The fourth-order valence-corrected chi connectivity index (χ4v) is 2.51. The van der Waals surface area contributed by atoms with E-state index >= 15 is 0 Å².